The number of rotatable bonds is 4. The number of benzene rings is 1. The lowest BCUT2D eigenvalue weighted by molar-refractivity contribution is 0.340. The van der Waals surface area contributed by atoms with Crippen molar-refractivity contribution in [2.24, 2.45) is 0 Å². The summed E-state index contributed by atoms with van der Waals surface area (Å²) in [5.41, 5.74) is 0.698. The van der Waals surface area contributed by atoms with E-state index in [1.54, 1.807) is 24.3 Å². The van der Waals surface area contributed by atoms with Gasteiger partial charge >= 0.3 is 0 Å². The van der Waals surface area contributed by atoms with Gasteiger partial charge in [0.15, 0.2) is 17.3 Å². The Labute approximate surface area is 105 Å². The molecule has 0 spiro atoms. The lowest BCUT2D eigenvalue weighted by atomic mass is 10.1. The van der Waals surface area contributed by atoms with Crippen LogP contribution in [-0.2, 0) is 0 Å². The molecule has 0 aromatic heterocycles. The van der Waals surface area contributed by atoms with Gasteiger partial charge in [0.25, 0.3) is 0 Å². The van der Waals surface area contributed by atoms with E-state index in [-0.39, 0.29) is 23.0 Å². The summed E-state index contributed by atoms with van der Waals surface area (Å²) >= 11 is 0. The summed E-state index contributed by atoms with van der Waals surface area (Å²) in [6, 6.07) is 4.79. The van der Waals surface area contributed by atoms with E-state index in [0.29, 0.717) is 5.56 Å². The summed E-state index contributed by atoms with van der Waals surface area (Å²) in [5.74, 6) is 0.0986. The first-order valence-corrected chi connectivity index (χ1v) is 5.04. The van der Waals surface area contributed by atoms with E-state index in [2.05, 4.69) is 0 Å². The van der Waals surface area contributed by atoms with Crippen LogP contribution in [0, 0.1) is 11.3 Å². The molecule has 5 heteroatoms. The van der Waals surface area contributed by atoms with Gasteiger partial charge < -0.3 is 19.7 Å². The Balaban J connectivity index is 3.08. The SMILES string of the molecule is COc1cc(/C=C/C=C(/O)C#N)cc(OC)c1O. The number of phenolic OH excluding ortho intramolecular Hbond substituents is 1. The number of hydrogen-bond donors (Lipinski definition) is 2. The monoisotopic (exact) mass is 247 g/mol. The number of aliphatic hydroxyl groups excluding tert-OH is 1. The lowest BCUT2D eigenvalue weighted by Gasteiger charge is -2.09. The minimum Gasteiger partial charge on any atom is -0.502 e. The molecule has 0 radical (unpaired) electrons. The van der Waals surface area contributed by atoms with Crippen molar-refractivity contribution >= 4 is 6.08 Å². The first-order valence-electron chi connectivity index (χ1n) is 5.04. The third-order valence-electron chi connectivity index (χ3n) is 2.16. The number of hydrogen-bond acceptors (Lipinski definition) is 5. The largest absolute Gasteiger partial charge is 0.502 e. The molecule has 18 heavy (non-hydrogen) atoms. The van der Waals surface area contributed by atoms with Crippen molar-refractivity contribution in [3.8, 4) is 23.3 Å². The van der Waals surface area contributed by atoms with Gasteiger partial charge in [0.05, 0.1) is 14.2 Å². The van der Waals surface area contributed by atoms with Crippen molar-refractivity contribution in [2.75, 3.05) is 14.2 Å². The average molecular weight is 247 g/mol. The van der Waals surface area contributed by atoms with Crippen LogP contribution in [0.25, 0.3) is 6.08 Å². The van der Waals surface area contributed by atoms with Crippen LogP contribution in [0.3, 0.4) is 0 Å². The Morgan fingerprint density at radius 2 is 1.83 bits per heavy atom. The summed E-state index contributed by atoms with van der Waals surface area (Å²) in [6.45, 7) is 0. The molecule has 5 nitrogen and oxygen atoms in total. The molecule has 0 aliphatic heterocycles. The molecule has 1 aromatic rings. The van der Waals surface area contributed by atoms with E-state index in [0.717, 1.165) is 0 Å². The van der Waals surface area contributed by atoms with Crippen LogP contribution in [0.2, 0.25) is 0 Å². The fourth-order valence-electron chi connectivity index (χ4n) is 1.30. The Morgan fingerprint density at radius 3 is 2.28 bits per heavy atom. The van der Waals surface area contributed by atoms with Gasteiger partial charge in [0.1, 0.15) is 6.07 Å². The highest BCUT2D eigenvalue weighted by Crippen LogP contribution is 2.37. The standard InChI is InChI=1S/C13H13NO4/c1-17-11-6-9(4-3-5-10(15)8-14)7-12(18-2)13(11)16/h3-7,15-16H,1-2H3/b4-3+,10-5+. The van der Waals surface area contributed by atoms with Gasteiger partial charge in [-0.3, -0.25) is 0 Å². The smallest absolute Gasteiger partial charge is 0.200 e. The van der Waals surface area contributed by atoms with Gasteiger partial charge in [0, 0.05) is 0 Å². The fourth-order valence-corrected chi connectivity index (χ4v) is 1.30. The molecule has 1 rings (SSSR count). The normalized spacial score (nSPS) is 11.3. The maximum atomic E-state index is 9.70. The number of nitrogens with zero attached hydrogens (tertiary/aromatic N) is 1. The second-order valence-electron chi connectivity index (χ2n) is 3.30. The Hall–Kier alpha value is -2.61. The molecule has 94 valence electrons. The maximum absolute atomic E-state index is 9.70. The van der Waals surface area contributed by atoms with E-state index in [1.807, 2.05) is 0 Å². The van der Waals surface area contributed by atoms with Crippen LogP contribution >= 0.6 is 0 Å². The molecule has 0 saturated carbocycles. The second kappa shape index (κ2) is 6.21. The van der Waals surface area contributed by atoms with Crippen LogP contribution in [0.15, 0.2) is 30.0 Å². The van der Waals surface area contributed by atoms with Crippen LogP contribution in [0.5, 0.6) is 17.2 Å². The number of methoxy groups -OCH3 is 2. The molecule has 0 aliphatic carbocycles. The third kappa shape index (κ3) is 3.19. The maximum Gasteiger partial charge on any atom is 0.200 e. The molecule has 0 atom stereocenters. The van der Waals surface area contributed by atoms with Gasteiger partial charge in [-0.05, 0) is 23.8 Å². The van der Waals surface area contributed by atoms with Crippen molar-refractivity contribution in [2.45, 2.75) is 0 Å². The first kappa shape index (κ1) is 13.5. The molecule has 2 N–H and O–H groups in total. The highest BCUT2D eigenvalue weighted by Gasteiger charge is 2.09. The summed E-state index contributed by atoms with van der Waals surface area (Å²) in [4.78, 5) is 0. The number of ether oxygens (including phenoxy) is 2. The van der Waals surface area contributed by atoms with Gasteiger partial charge in [-0.1, -0.05) is 12.2 Å². The van der Waals surface area contributed by atoms with Crippen molar-refractivity contribution in [1.29, 1.82) is 5.26 Å². The molecule has 0 aliphatic rings. The number of aliphatic hydroxyl groups is 1. The Bertz CT molecular complexity index is 501. The lowest BCUT2D eigenvalue weighted by Crippen LogP contribution is -1.90. The van der Waals surface area contributed by atoms with E-state index < -0.39 is 0 Å². The number of allylic oxidation sites excluding steroid dienone is 3. The second-order valence-corrected chi connectivity index (χ2v) is 3.30. The highest BCUT2D eigenvalue weighted by molar-refractivity contribution is 5.62. The summed E-state index contributed by atoms with van der Waals surface area (Å²) in [7, 11) is 2.87. The van der Waals surface area contributed by atoms with Gasteiger partial charge in [-0.15, -0.1) is 0 Å². The molecule has 0 saturated heterocycles. The van der Waals surface area contributed by atoms with Gasteiger partial charge in [-0.2, -0.15) is 5.26 Å². The minimum atomic E-state index is -0.385. The average Bonchev–Trinajstić information content (AvgIpc) is 2.39. The molecular formula is C13H13NO4. The number of nitriles is 1. The molecule has 0 amide bonds. The summed E-state index contributed by atoms with van der Waals surface area (Å²) in [6.07, 6.45) is 4.40. The topological polar surface area (TPSA) is 82.7 Å². The zero-order valence-corrected chi connectivity index (χ0v) is 10.0. The van der Waals surface area contributed by atoms with Gasteiger partial charge in [-0.25, -0.2) is 0 Å². The van der Waals surface area contributed by atoms with E-state index >= 15 is 0 Å². The Morgan fingerprint density at radius 1 is 1.28 bits per heavy atom. The molecule has 0 heterocycles. The van der Waals surface area contributed by atoms with E-state index in [9.17, 15) is 5.11 Å². The molecular weight excluding hydrogens is 234 g/mol. The van der Waals surface area contributed by atoms with Crippen LogP contribution in [-0.4, -0.2) is 24.4 Å². The van der Waals surface area contributed by atoms with E-state index in [4.69, 9.17) is 19.8 Å². The molecule has 0 bridgehead atoms. The van der Waals surface area contributed by atoms with Crippen molar-refractivity contribution in [3.63, 3.8) is 0 Å². The first-order chi connectivity index (χ1) is 8.62. The highest BCUT2D eigenvalue weighted by atomic mass is 16.5. The summed E-state index contributed by atoms with van der Waals surface area (Å²) < 4.78 is 9.99. The molecule has 1 aromatic carbocycles. The van der Waals surface area contributed by atoms with Gasteiger partial charge in [0.2, 0.25) is 5.75 Å². The number of phenols is 1. The quantitative estimate of drug-likeness (QED) is 0.369. The zero-order chi connectivity index (χ0) is 13.5. The number of aromatic hydroxyl groups is 1. The third-order valence-corrected chi connectivity index (χ3v) is 2.16. The Kier molecular flexibility index (Phi) is 4.64. The van der Waals surface area contributed by atoms with Crippen molar-refractivity contribution in [3.05, 3.63) is 35.6 Å². The predicted octanol–water partition coefficient (Wildman–Crippen LogP) is 2.39. The van der Waals surface area contributed by atoms with Crippen LogP contribution in [0.4, 0.5) is 0 Å². The fraction of sp³-hybridized carbons (Fsp3) is 0.154. The minimum absolute atomic E-state index is 0.0763. The predicted molar refractivity (Wildman–Crippen MR) is 66.6 cm³/mol. The van der Waals surface area contributed by atoms with Crippen molar-refractivity contribution < 1.29 is 19.7 Å². The van der Waals surface area contributed by atoms with Crippen LogP contribution in [0.1, 0.15) is 5.56 Å². The molecule has 0 fully saturated rings. The van der Waals surface area contributed by atoms with Crippen LogP contribution < -0.4 is 9.47 Å². The summed E-state index contributed by atoms with van der Waals surface area (Å²) in [5, 5.41) is 27.0. The zero-order valence-electron chi connectivity index (χ0n) is 10.0. The molecule has 0 unspecified atom stereocenters. The van der Waals surface area contributed by atoms with E-state index in [1.165, 1.54) is 26.4 Å². The van der Waals surface area contributed by atoms with Crippen molar-refractivity contribution in [1.82, 2.24) is 0 Å².